The summed E-state index contributed by atoms with van der Waals surface area (Å²) in [6.45, 7) is 0. The van der Waals surface area contributed by atoms with Gasteiger partial charge < -0.3 is 19.6 Å². The fourth-order valence-electron chi connectivity index (χ4n) is 2.43. The van der Waals surface area contributed by atoms with Crippen LogP contribution in [0.25, 0.3) is 22.2 Å². The molecule has 0 amide bonds. The van der Waals surface area contributed by atoms with E-state index in [1.165, 1.54) is 14.2 Å². The number of H-pyrrole nitrogens is 1. The predicted octanol–water partition coefficient (Wildman–Crippen LogP) is 3.57. The number of ether oxygens (including phenoxy) is 2. The Labute approximate surface area is 137 Å². The molecule has 5 nitrogen and oxygen atoms in total. The van der Waals surface area contributed by atoms with E-state index in [-0.39, 0.29) is 5.75 Å². The fourth-order valence-corrected chi connectivity index (χ4v) is 2.56. The number of aromatic hydroxyl groups is 1. The lowest BCUT2D eigenvalue weighted by Gasteiger charge is -2.11. The molecular formula is C17H14ClNO4. The Balaban J connectivity index is 2.31. The highest BCUT2D eigenvalue weighted by Crippen LogP contribution is 2.33. The molecule has 3 aromatic rings. The number of rotatable bonds is 3. The third-order valence-corrected chi connectivity index (χ3v) is 3.86. The van der Waals surface area contributed by atoms with Crippen molar-refractivity contribution < 1.29 is 14.6 Å². The summed E-state index contributed by atoms with van der Waals surface area (Å²) in [5, 5.41) is 11.1. The normalized spacial score (nSPS) is 10.7. The molecule has 2 N–H and O–H groups in total. The van der Waals surface area contributed by atoms with Gasteiger partial charge in [-0.2, -0.15) is 0 Å². The van der Waals surface area contributed by atoms with Crippen molar-refractivity contribution in [3.63, 3.8) is 0 Å². The van der Waals surface area contributed by atoms with Gasteiger partial charge in [0.1, 0.15) is 0 Å². The highest BCUT2D eigenvalue weighted by atomic mass is 35.5. The second kappa shape index (κ2) is 5.85. The number of fused-ring (bicyclic) bond motifs is 1. The van der Waals surface area contributed by atoms with Crippen LogP contribution in [-0.4, -0.2) is 24.3 Å². The molecule has 1 aromatic heterocycles. The number of hydrogen-bond acceptors (Lipinski definition) is 4. The van der Waals surface area contributed by atoms with Crippen LogP contribution in [0.2, 0.25) is 5.02 Å². The molecule has 0 aliphatic heterocycles. The van der Waals surface area contributed by atoms with E-state index < -0.39 is 5.43 Å². The van der Waals surface area contributed by atoms with Crippen molar-refractivity contribution in [1.29, 1.82) is 0 Å². The average Bonchev–Trinajstić information content (AvgIpc) is 2.58. The summed E-state index contributed by atoms with van der Waals surface area (Å²) < 4.78 is 10.4. The number of hydrogen-bond donors (Lipinski definition) is 2. The van der Waals surface area contributed by atoms with Gasteiger partial charge in [0.05, 0.1) is 30.8 Å². The van der Waals surface area contributed by atoms with E-state index in [9.17, 15) is 9.90 Å². The lowest BCUT2D eigenvalue weighted by atomic mass is 10.1. The van der Waals surface area contributed by atoms with Crippen molar-refractivity contribution in [2.45, 2.75) is 0 Å². The number of aromatic amines is 1. The maximum atomic E-state index is 12.5. The molecule has 0 atom stereocenters. The molecule has 1 heterocycles. The second-order valence-electron chi connectivity index (χ2n) is 4.94. The highest BCUT2D eigenvalue weighted by molar-refractivity contribution is 6.30. The smallest absolute Gasteiger partial charge is 0.231 e. The molecule has 0 saturated carbocycles. The molecule has 2 aromatic carbocycles. The molecule has 0 aliphatic carbocycles. The second-order valence-corrected chi connectivity index (χ2v) is 5.37. The average molecular weight is 332 g/mol. The van der Waals surface area contributed by atoms with Crippen LogP contribution < -0.4 is 14.9 Å². The molecule has 0 spiro atoms. The van der Waals surface area contributed by atoms with Gasteiger partial charge in [0.15, 0.2) is 17.2 Å². The molecule has 0 aliphatic rings. The Hall–Kier alpha value is -2.66. The molecular weight excluding hydrogens is 318 g/mol. The Morgan fingerprint density at radius 2 is 1.65 bits per heavy atom. The number of benzene rings is 2. The number of pyridine rings is 1. The molecule has 3 rings (SSSR count). The summed E-state index contributed by atoms with van der Waals surface area (Å²) >= 11 is 5.87. The quantitative estimate of drug-likeness (QED) is 0.769. The summed E-state index contributed by atoms with van der Waals surface area (Å²) in [7, 11) is 3.00. The number of nitrogens with one attached hydrogen (secondary N) is 1. The van der Waals surface area contributed by atoms with E-state index in [4.69, 9.17) is 21.1 Å². The van der Waals surface area contributed by atoms with Gasteiger partial charge in [0, 0.05) is 16.7 Å². The van der Waals surface area contributed by atoms with Gasteiger partial charge in [-0.3, -0.25) is 4.79 Å². The van der Waals surface area contributed by atoms with Crippen molar-refractivity contribution in [1.82, 2.24) is 4.98 Å². The third kappa shape index (κ3) is 2.59. The molecule has 0 unspecified atom stereocenters. The molecule has 23 heavy (non-hydrogen) atoms. The van der Waals surface area contributed by atoms with E-state index in [1.807, 2.05) is 0 Å². The Bertz CT molecular complexity index is 932. The molecule has 6 heteroatoms. The Morgan fingerprint density at radius 1 is 1.04 bits per heavy atom. The first-order valence-corrected chi connectivity index (χ1v) is 7.20. The zero-order valence-electron chi connectivity index (χ0n) is 12.5. The third-order valence-electron chi connectivity index (χ3n) is 3.61. The summed E-state index contributed by atoms with van der Waals surface area (Å²) in [6, 6.07) is 10.0. The maximum Gasteiger partial charge on any atom is 0.231 e. The van der Waals surface area contributed by atoms with Gasteiger partial charge in [0.2, 0.25) is 5.43 Å². The Morgan fingerprint density at radius 3 is 2.26 bits per heavy atom. The van der Waals surface area contributed by atoms with E-state index >= 15 is 0 Å². The van der Waals surface area contributed by atoms with Crippen LogP contribution in [0.5, 0.6) is 17.2 Å². The predicted molar refractivity (Wildman–Crippen MR) is 89.8 cm³/mol. The Kier molecular flexibility index (Phi) is 3.88. The molecule has 118 valence electrons. The minimum atomic E-state index is -0.482. The lowest BCUT2D eigenvalue weighted by molar-refractivity contribution is 0.355. The maximum absolute atomic E-state index is 12.5. The summed E-state index contributed by atoms with van der Waals surface area (Å²) in [4.78, 5) is 15.5. The van der Waals surface area contributed by atoms with E-state index in [0.29, 0.717) is 38.7 Å². The largest absolute Gasteiger partial charge is 0.503 e. The first-order chi connectivity index (χ1) is 11.0. The highest BCUT2D eigenvalue weighted by Gasteiger charge is 2.15. The summed E-state index contributed by atoms with van der Waals surface area (Å²) in [5.41, 5.74) is 1.03. The van der Waals surface area contributed by atoms with E-state index in [1.54, 1.807) is 36.4 Å². The van der Waals surface area contributed by atoms with Crippen molar-refractivity contribution >= 4 is 22.5 Å². The van der Waals surface area contributed by atoms with Crippen molar-refractivity contribution in [3.8, 4) is 28.5 Å². The van der Waals surface area contributed by atoms with Crippen LogP contribution in [0, 0.1) is 0 Å². The topological polar surface area (TPSA) is 71.5 Å². The first kappa shape index (κ1) is 15.2. The van der Waals surface area contributed by atoms with Gasteiger partial charge in [0.25, 0.3) is 0 Å². The molecule has 0 radical (unpaired) electrons. The van der Waals surface area contributed by atoms with Crippen LogP contribution in [0.4, 0.5) is 0 Å². The van der Waals surface area contributed by atoms with Crippen LogP contribution in [0.15, 0.2) is 41.2 Å². The zero-order chi connectivity index (χ0) is 16.6. The standard InChI is InChI=1S/C17H14ClNO4/c1-22-13-7-11-12(8-14(13)23-2)19-15(17(21)16(11)20)9-3-5-10(18)6-4-9/h3-8,21H,1-2H3,(H,19,20). The van der Waals surface area contributed by atoms with Crippen LogP contribution in [0.1, 0.15) is 0 Å². The van der Waals surface area contributed by atoms with E-state index in [2.05, 4.69) is 4.98 Å². The molecule has 0 fully saturated rings. The number of aromatic nitrogens is 1. The van der Waals surface area contributed by atoms with E-state index in [0.717, 1.165) is 0 Å². The van der Waals surface area contributed by atoms with Crippen LogP contribution in [0.3, 0.4) is 0 Å². The SMILES string of the molecule is COc1cc2[nH]c(-c3ccc(Cl)cc3)c(O)c(=O)c2cc1OC. The van der Waals surface area contributed by atoms with Gasteiger partial charge in [-0.25, -0.2) is 0 Å². The van der Waals surface area contributed by atoms with Crippen LogP contribution in [-0.2, 0) is 0 Å². The number of methoxy groups -OCH3 is 2. The molecule has 0 bridgehead atoms. The van der Waals surface area contributed by atoms with Gasteiger partial charge >= 0.3 is 0 Å². The molecule has 0 saturated heterocycles. The first-order valence-electron chi connectivity index (χ1n) is 6.82. The van der Waals surface area contributed by atoms with Crippen molar-refractivity contribution in [3.05, 3.63) is 51.6 Å². The van der Waals surface area contributed by atoms with Gasteiger partial charge in [-0.15, -0.1) is 0 Å². The lowest BCUT2D eigenvalue weighted by Crippen LogP contribution is -2.06. The fraction of sp³-hybridized carbons (Fsp3) is 0.118. The van der Waals surface area contributed by atoms with Gasteiger partial charge in [-0.1, -0.05) is 23.7 Å². The summed E-state index contributed by atoms with van der Waals surface area (Å²) in [5.74, 6) is 0.555. The number of halogens is 1. The zero-order valence-corrected chi connectivity index (χ0v) is 13.3. The van der Waals surface area contributed by atoms with Gasteiger partial charge in [-0.05, 0) is 18.2 Å². The van der Waals surface area contributed by atoms with Crippen molar-refractivity contribution in [2.24, 2.45) is 0 Å². The monoisotopic (exact) mass is 331 g/mol. The minimum Gasteiger partial charge on any atom is -0.503 e. The summed E-state index contributed by atoms with van der Waals surface area (Å²) in [6.07, 6.45) is 0. The van der Waals surface area contributed by atoms with Crippen molar-refractivity contribution in [2.75, 3.05) is 14.2 Å². The van der Waals surface area contributed by atoms with Crippen LogP contribution >= 0.6 is 11.6 Å². The minimum absolute atomic E-state index is 0.317.